The summed E-state index contributed by atoms with van der Waals surface area (Å²) >= 11 is 0. The van der Waals surface area contributed by atoms with Crippen molar-refractivity contribution in [3.8, 4) is 0 Å². The molecule has 0 fully saturated rings. The zero-order chi connectivity index (χ0) is 22.5. The lowest BCUT2D eigenvalue weighted by Crippen LogP contribution is -2.41. The van der Waals surface area contributed by atoms with Gasteiger partial charge in [0.2, 0.25) is 0 Å². The van der Waals surface area contributed by atoms with E-state index in [4.69, 9.17) is 4.42 Å². The van der Waals surface area contributed by atoms with E-state index in [0.717, 1.165) is 18.7 Å². The number of amides is 2. The molecule has 1 atom stereocenters. The maximum atomic E-state index is 12.5. The number of ether oxygens (including phenoxy) is 1. The molecule has 1 aliphatic rings. The quantitative estimate of drug-likeness (QED) is 0.458. The first-order valence-electron chi connectivity index (χ1n) is 10.2. The first-order valence-corrected chi connectivity index (χ1v) is 10.2. The molecule has 8 nitrogen and oxygen atoms in total. The van der Waals surface area contributed by atoms with Crippen molar-refractivity contribution in [1.82, 2.24) is 5.32 Å². The summed E-state index contributed by atoms with van der Waals surface area (Å²) in [6.07, 6.45) is 2.50. The van der Waals surface area contributed by atoms with Crippen LogP contribution in [-0.4, -0.2) is 38.0 Å². The number of anilines is 2. The highest BCUT2D eigenvalue weighted by atomic mass is 16.5. The minimum Gasteiger partial charge on any atom is -0.467 e. The number of furan rings is 1. The lowest BCUT2D eigenvalue weighted by Gasteiger charge is -2.29. The average molecular weight is 433 g/mol. The van der Waals surface area contributed by atoms with Crippen molar-refractivity contribution >= 4 is 29.2 Å². The zero-order valence-corrected chi connectivity index (χ0v) is 17.5. The van der Waals surface area contributed by atoms with Crippen LogP contribution in [0.3, 0.4) is 0 Å². The summed E-state index contributed by atoms with van der Waals surface area (Å²) in [4.78, 5) is 38.5. The van der Waals surface area contributed by atoms with Gasteiger partial charge in [0.15, 0.2) is 0 Å². The van der Waals surface area contributed by atoms with Gasteiger partial charge < -0.3 is 24.7 Å². The molecule has 0 radical (unpaired) electrons. The molecular formula is C24H23N3O5. The van der Waals surface area contributed by atoms with Crippen molar-refractivity contribution in [2.24, 2.45) is 0 Å². The molecule has 0 saturated carbocycles. The van der Waals surface area contributed by atoms with E-state index in [-0.39, 0.29) is 12.6 Å². The van der Waals surface area contributed by atoms with Gasteiger partial charge in [0, 0.05) is 24.5 Å². The van der Waals surface area contributed by atoms with Crippen molar-refractivity contribution in [2.75, 3.05) is 30.4 Å². The first kappa shape index (κ1) is 21.2. The number of esters is 1. The summed E-state index contributed by atoms with van der Waals surface area (Å²) in [5.74, 6) is -1.32. The van der Waals surface area contributed by atoms with Gasteiger partial charge >= 0.3 is 17.8 Å². The monoisotopic (exact) mass is 433 g/mol. The highest BCUT2D eigenvalue weighted by Gasteiger charge is 2.29. The number of carbonyl (C=O) groups is 3. The van der Waals surface area contributed by atoms with Gasteiger partial charge in [-0.05, 0) is 54.4 Å². The molecule has 0 aliphatic carbocycles. The average Bonchev–Trinajstić information content (AvgIpc) is 3.50. The van der Waals surface area contributed by atoms with Crippen LogP contribution in [0, 0.1) is 0 Å². The van der Waals surface area contributed by atoms with Gasteiger partial charge in [-0.25, -0.2) is 4.79 Å². The third kappa shape index (κ3) is 4.49. The van der Waals surface area contributed by atoms with E-state index >= 15 is 0 Å². The number of rotatable bonds is 6. The smallest absolute Gasteiger partial charge is 0.337 e. The normalized spacial score (nSPS) is 13.2. The fraction of sp³-hybridized carbons (Fsp3) is 0.208. The van der Waals surface area contributed by atoms with Crippen molar-refractivity contribution in [2.45, 2.75) is 12.5 Å². The van der Waals surface area contributed by atoms with Crippen molar-refractivity contribution < 1.29 is 23.5 Å². The molecule has 1 unspecified atom stereocenters. The molecule has 164 valence electrons. The van der Waals surface area contributed by atoms with Gasteiger partial charge in [-0.3, -0.25) is 9.59 Å². The molecule has 2 aromatic carbocycles. The summed E-state index contributed by atoms with van der Waals surface area (Å²) in [6, 6.07) is 17.6. The van der Waals surface area contributed by atoms with E-state index < -0.39 is 17.8 Å². The van der Waals surface area contributed by atoms with E-state index in [0.29, 0.717) is 17.0 Å². The standard InChI is InChI=1S/C24H23N3O5/c1-31-24(30)17-8-10-18(11-9-17)26-23(29)22(28)25-15-20(21-7-4-14-32-21)27-13-12-16-5-2-3-6-19(16)27/h2-11,14,20H,12-13,15H2,1H3,(H,25,28)(H,26,29). The first-order chi connectivity index (χ1) is 15.6. The minimum atomic E-state index is -0.796. The van der Waals surface area contributed by atoms with Crippen LogP contribution in [0.15, 0.2) is 71.3 Å². The Labute approximate surface area is 185 Å². The van der Waals surface area contributed by atoms with Gasteiger partial charge in [-0.1, -0.05) is 18.2 Å². The number of nitrogens with one attached hydrogen (secondary N) is 2. The largest absolute Gasteiger partial charge is 0.467 e. The molecule has 2 amide bonds. The number of para-hydroxylation sites is 1. The fourth-order valence-corrected chi connectivity index (χ4v) is 3.80. The van der Waals surface area contributed by atoms with Crippen LogP contribution in [0.25, 0.3) is 0 Å². The highest BCUT2D eigenvalue weighted by molar-refractivity contribution is 6.39. The number of benzene rings is 2. The number of carbonyl (C=O) groups excluding carboxylic acids is 3. The zero-order valence-electron chi connectivity index (χ0n) is 17.5. The Bertz CT molecular complexity index is 1110. The molecule has 1 aromatic heterocycles. The number of hydrogen-bond donors (Lipinski definition) is 2. The summed E-state index contributed by atoms with van der Waals surface area (Å²) in [5.41, 5.74) is 3.08. The molecule has 2 heterocycles. The van der Waals surface area contributed by atoms with Crippen LogP contribution in [0.5, 0.6) is 0 Å². The van der Waals surface area contributed by atoms with Crippen molar-refractivity contribution in [1.29, 1.82) is 0 Å². The van der Waals surface area contributed by atoms with Gasteiger partial charge in [0.1, 0.15) is 11.8 Å². The molecule has 8 heteroatoms. The summed E-state index contributed by atoms with van der Waals surface area (Å²) in [5, 5.41) is 5.24. The maximum Gasteiger partial charge on any atom is 0.337 e. The van der Waals surface area contributed by atoms with Gasteiger partial charge in [0.25, 0.3) is 0 Å². The van der Waals surface area contributed by atoms with Crippen molar-refractivity contribution in [3.05, 3.63) is 83.8 Å². The van der Waals surface area contributed by atoms with Crippen LogP contribution in [0.4, 0.5) is 11.4 Å². The van der Waals surface area contributed by atoms with Gasteiger partial charge in [-0.15, -0.1) is 0 Å². The molecule has 3 aromatic rings. The lowest BCUT2D eigenvalue weighted by molar-refractivity contribution is -0.136. The second kappa shape index (κ2) is 9.38. The number of nitrogens with zero attached hydrogens (tertiary/aromatic N) is 1. The number of fused-ring (bicyclic) bond motifs is 1. The van der Waals surface area contributed by atoms with Crippen molar-refractivity contribution in [3.63, 3.8) is 0 Å². The van der Waals surface area contributed by atoms with E-state index in [1.807, 2.05) is 24.3 Å². The van der Waals surface area contributed by atoms with E-state index in [1.54, 1.807) is 12.3 Å². The maximum absolute atomic E-state index is 12.5. The number of methoxy groups -OCH3 is 1. The highest BCUT2D eigenvalue weighted by Crippen LogP contribution is 2.34. The van der Waals surface area contributed by atoms with Crippen LogP contribution in [-0.2, 0) is 20.7 Å². The van der Waals surface area contributed by atoms with E-state index in [1.165, 1.54) is 36.9 Å². The molecule has 1 aliphatic heterocycles. The Morgan fingerprint density at radius 3 is 2.53 bits per heavy atom. The lowest BCUT2D eigenvalue weighted by atomic mass is 10.1. The van der Waals surface area contributed by atoms with Crippen LogP contribution >= 0.6 is 0 Å². The third-order valence-electron chi connectivity index (χ3n) is 5.40. The fourth-order valence-electron chi connectivity index (χ4n) is 3.80. The molecule has 0 saturated heterocycles. The van der Waals surface area contributed by atoms with E-state index in [9.17, 15) is 14.4 Å². The Kier molecular flexibility index (Phi) is 6.21. The molecule has 2 N–H and O–H groups in total. The predicted molar refractivity (Wildman–Crippen MR) is 118 cm³/mol. The van der Waals surface area contributed by atoms with Crippen LogP contribution in [0.2, 0.25) is 0 Å². The van der Waals surface area contributed by atoms with E-state index in [2.05, 4.69) is 26.3 Å². The summed E-state index contributed by atoms with van der Waals surface area (Å²) in [7, 11) is 1.29. The summed E-state index contributed by atoms with van der Waals surface area (Å²) < 4.78 is 10.3. The van der Waals surface area contributed by atoms with Gasteiger partial charge in [-0.2, -0.15) is 0 Å². The molecule has 32 heavy (non-hydrogen) atoms. The minimum absolute atomic E-state index is 0.204. The number of hydrogen-bond acceptors (Lipinski definition) is 6. The molecular weight excluding hydrogens is 410 g/mol. The third-order valence-corrected chi connectivity index (χ3v) is 5.40. The Balaban J connectivity index is 1.40. The Hall–Kier alpha value is -4.07. The van der Waals surface area contributed by atoms with Gasteiger partial charge in [0.05, 0.1) is 18.9 Å². The summed E-state index contributed by atoms with van der Waals surface area (Å²) in [6.45, 7) is 0.995. The SMILES string of the molecule is COC(=O)c1ccc(NC(=O)C(=O)NCC(c2ccco2)N2CCc3ccccc32)cc1. The molecule has 0 bridgehead atoms. The Morgan fingerprint density at radius 2 is 1.81 bits per heavy atom. The van der Waals surface area contributed by atoms with Crippen LogP contribution in [0.1, 0.15) is 27.7 Å². The topological polar surface area (TPSA) is 101 Å². The van der Waals surface area contributed by atoms with Crippen LogP contribution < -0.4 is 15.5 Å². The predicted octanol–water partition coefficient (Wildman–Crippen LogP) is 2.92. The Morgan fingerprint density at radius 1 is 1.03 bits per heavy atom. The molecule has 4 rings (SSSR count). The molecule has 0 spiro atoms. The second-order valence-electron chi connectivity index (χ2n) is 7.34. The second-order valence-corrected chi connectivity index (χ2v) is 7.34.